The van der Waals surface area contributed by atoms with Gasteiger partial charge in [0.05, 0.1) is 18.0 Å². The van der Waals surface area contributed by atoms with Crippen molar-refractivity contribution in [3.63, 3.8) is 0 Å². The molecule has 0 saturated carbocycles. The Labute approximate surface area is 179 Å². The van der Waals surface area contributed by atoms with Gasteiger partial charge in [0.2, 0.25) is 0 Å². The van der Waals surface area contributed by atoms with E-state index in [0.29, 0.717) is 5.56 Å². The number of benzene rings is 2. The zero-order valence-corrected chi connectivity index (χ0v) is 17.5. The normalized spacial score (nSPS) is 11.5. The molecule has 0 radical (unpaired) electrons. The zero-order chi connectivity index (χ0) is 21.2. The van der Waals surface area contributed by atoms with E-state index in [1.807, 2.05) is 35.0 Å². The van der Waals surface area contributed by atoms with Crippen LogP contribution in [-0.4, -0.2) is 9.55 Å². The molecule has 2 aromatic carbocycles. The Morgan fingerprint density at radius 1 is 1.20 bits per heavy atom. The highest BCUT2D eigenvalue weighted by Gasteiger charge is 2.08. The summed E-state index contributed by atoms with van der Waals surface area (Å²) in [6.45, 7) is 5.97. The Kier molecular flexibility index (Phi) is 7.58. The van der Waals surface area contributed by atoms with Crippen LogP contribution in [0.3, 0.4) is 0 Å². The number of hydrogen-bond donors (Lipinski definition) is 0. The second-order valence-corrected chi connectivity index (χ2v) is 7.16. The first kappa shape index (κ1) is 21.1. The molecule has 3 nitrogen and oxygen atoms in total. The number of nitrogens with zero attached hydrogens (tertiary/aromatic N) is 3. The Morgan fingerprint density at radius 3 is 2.70 bits per heavy atom. The molecular formula is C27H27N3. The first-order valence-electron chi connectivity index (χ1n) is 10.3. The van der Waals surface area contributed by atoms with E-state index in [1.165, 1.54) is 16.7 Å². The number of aryl methyl sites for hydroxylation is 1. The average molecular weight is 394 g/mol. The summed E-state index contributed by atoms with van der Waals surface area (Å²) in [5.41, 5.74) is 6.60. The molecular weight excluding hydrogens is 366 g/mol. The molecule has 0 aliphatic heterocycles. The molecule has 0 N–H and O–H groups in total. The van der Waals surface area contributed by atoms with E-state index in [0.717, 1.165) is 36.9 Å². The molecule has 0 aliphatic carbocycles. The van der Waals surface area contributed by atoms with E-state index >= 15 is 0 Å². The molecule has 0 saturated heterocycles. The number of rotatable bonds is 9. The van der Waals surface area contributed by atoms with Crippen LogP contribution in [-0.2, 0) is 6.42 Å². The monoisotopic (exact) mass is 393 g/mol. The van der Waals surface area contributed by atoms with Crippen LogP contribution in [0, 0.1) is 11.3 Å². The Hall–Kier alpha value is -3.64. The second kappa shape index (κ2) is 10.8. The third-order valence-corrected chi connectivity index (χ3v) is 5.04. The maximum absolute atomic E-state index is 9.38. The van der Waals surface area contributed by atoms with Gasteiger partial charge in [-0.2, -0.15) is 5.26 Å². The van der Waals surface area contributed by atoms with Crippen LogP contribution in [0.1, 0.15) is 37.3 Å². The molecule has 3 rings (SSSR count). The predicted octanol–water partition coefficient (Wildman–Crippen LogP) is 6.81. The number of unbranched alkanes of at least 4 members (excludes halogenated alkanes) is 1. The Balaban J connectivity index is 1.88. The largest absolute Gasteiger partial charge is 0.306 e. The summed E-state index contributed by atoms with van der Waals surface area (Å²) in [7, 11) is 0. The summed E-state index contributed by atoms with van der Waals surface area (Å²) in [5.74, 6) is 0. The zero-order valence-electron chi connectivity index (χ0n) is 17.5. The van der Waals surface area contributed by atoms with Gasteiger partial charge < -0.3 is 4.57 Å². The maximum Gasteiger partial charge on any atom is 0.0991 e. The van der Waals surface area contributed by atoms with Gasteiger partial charge in [0.15, 0.2) is 0 Å². The van der Waals surface area contributed by atoms with E-state index in [4.69, 9.17) is 0 Å². The van der Waals surface area contributed by atoms with Crippen molar-refractivity contribution in [3.8, 4) is 22.9 Å². The summed E-state index contributed by atoms with van der Waals surface area (Å²) in [4.78, 5) is 4.11. The number of aromatic nitrogens is 2. The summed E-state index contributed by atoms with van der Waals surface area (Å²) in [6, 6.07) is 16.7. The second-order valence-electron chi connectivity index (χ2n) is 7.16. The highest BCUT2D eigenvalue weighted by atomic mass is 15.0. The van der Waals surface area contributed by atoms with E-state index in [-0.39, 0.29) is 0 Å². The minimum Gasteiger partial charge on any atom is -0.306 e. The fourth-order valence-electron chi connectivity index (χ4n) is 3.43. The van der Waals surface area contributed by atoms with E-state index in [1.54, 1.807) is 12.5 Å². The molecule has 30 heavy (non-hydrogen) atoms. The third kappa shape index (κ3) is 5.46. The quantitative estimate of drug-likeness (QED) is 0.375. The molecule has 0 aliphatic rings. The van der Waals surface area contributed by atoms with Crippen molar-refractivity contribution in [1.82, 2.24) is 9.55 Å². The summed E-state index contributed by atoms with van der Waals surface area (Å²) in [6.07, 6.45) is 17.7. The smallest absolute Gasteiger partial charge is 0.0991 e. The lowest BCUT2D eigenvalue weighted by atomic mass is 9.93. The van der Waals surface area contributed by atoms with Gasteiger partial charge in [0.1, 0.15) is 0 Å². The van der Waals surface area contributed by atoms with Gasteiger partial charge in [-0.25, -0.2) is 4.98 Å². The van der Waals surface area contributed by atoms with Gasteiger partial charge in [0, 0.05) is 18.1 Å². The highest BCUT2D eigenvalue weighted by molar-refractivity contribution is 5.69. The molecule has 0 amide bonds. The Bertz CT molecular complexity index is 1060. The first-order valence-corrected chi connectivity index (χ1v) is 10.3. The number of imidazole rings is 1. The summed E-state index contributed by atoms with van der Waals surface area (Å²) in [5, 5.41) is 9.38. The highest BCUT2D eigenvalue weighted by Crippen LogP contribution is 2.28. The van der Waals surface area contributed by atoms with Crippen molar-refractivity contribution in [2.24, 2.45) is 0 Å². The van der Waals surface area contributed by atoms with E-state index in [9.17, 15) is 5.26 Å². The average Bonchev–Trinajstić information content (AvgIpc) is 3.33. The van der Waals surface area contributed by atoms with Crippen molar-refractivity contribution in [2.75, 3.05) is 0 Å². The minimum atomic E-state index is 0.699. The lowest BCUT2D eigenvalue weighted by Crippen LogP contribution is -1.95. The van der Waals surface area contributed by atoms with Crippen molar-refractivity contribution in [3.05, 3.63) is 109 Å². The molecule has 1 aromatic heterocycles. The number of nitriles is 1. The molecule has 0 spiro atoms. The summed E-state index contributed by atoms with van der Waals surface area (Å²) < 4.78 is 1.99. The standard InChI is InChI=1S/C27H27N3/c1-3-5-7-22(8-6-4-2)9-11-25-19-23(20-28)10-16-27(25)24-12-14-26(15-13-24)30-18-17-29-21-30/h3,5,7-8,10,12-19,21H,1,4,6,9,11H2,2H3/b7-5-,22-8+. The molecule has 0 fully saturated rings. The van der Waals surface area contributed by atoms with Crippen LogP contribution in [0.2, 0.25) is 0 Å². The van der Waals surface area contributed by atoms with E-state index < -0.39 is 0 Å². The van der Waals surface area contributed by atoms with Gasteiger partial charge in [-0.15, -0.1) is 0 Å². The molecule has 150 valence electrons. The predicted molar refractivity (Wildman–Crippen MR) is 124 cm³/mol. The van der Waals surface area contributed by atoms with Crippen molar-refractivity contribution in [1.29, 1.82) is 5.26 Å². The molecule has 0 atom stereocenters. The van der Waals surface area contributed by atoms with Gasteiger partial charge in [-0.05, 0) is 60.2 Å². The van der Waals surface area contributed by atoms with Gasteiger partial charge in [-0.3, -0.25) is 0 Å². The molecule has 3 aromatic rings. The minimum absolute atomic E-state index is 0.699. The first-order chi connectivity index (χ1) is 14.7. The van der Waals surface area contributed by atoms with E-state index in [2.05, 4.69) is 67.0 Å². The lowest BCUT2D eigenvalue weighted by Gasteiger charge is -2.12. The van der Waals surface area contributed by atoms with Crippen LogP contribution in [0.15, 0.2) is 97.6 Å². The number of hydrogen-bond acceptors (Lipinski definition) is 2. The molecule has 0 unspecified atom stereocenters. The number of allylic oxidation sites excluding steroid dienone is 5. The fourth-order valence-corrected chi connectivity index (χ4v) is 3.43. The fraction of sp³-hybridized carbons (Fsp3) is 0.185. The maximum atomic E-state index is 9.38. The summed E-state index contributed by atoms with van der Waals surface area (Å²) >= 11 is 0. The molecule has 1 heterocycles. The van der Waals surface area contributed by atoms with Crippen LogP contribution >= 0.6 is 0 Å². The van der Waals surface area contributed by atoms with Crippen molar-refractivity contribution >= 4 is 0 Å². The van der Waals surface area contributed by atoms with Crippen molar-refractivity contribution in [2.45, 2.75) is 32.6 Å². The van der Waals surface area contributed by atoms with Crippen molar-refractivity contribution < 1.29 is 0 Å². The Morgan fingerprint density at radius 2 is 2.03 bits per heavy atom. The molecule has 3 heteroatoms. The van der Waals surface area contributed by atoms with Crippen LogP contribution < -0.4 is 0 Å². The lowest BCUT2D eigenvalue weighted by molar-refractivity contribution is 0.914. The third-order valence-electron chi connectivity index (χ3n) is 5.04. The SMILES string of the molecule is C=C/C=C\C(=C/CCC)CCc1cc(C#N)ccc1-c1ccc(-n2ccnc2)cc1. The van der Waals surface area contributed by atoms with Crippen LogP contribution in [0.4, 0.5) is 0 Å². The van der Waals surface area contributed by atoms with Crippen LogP contribution in [0.5, 0.6) is 0 Å². The van der Waals surface area contributed by atoms with Gasteiger partial charge >= 0.3 is 0 Å². The topological polar surface area (TPSA) is 41.6 Å². The van der Waals surface area contributed by atoms with Gasteiger partial charge in [-0.1, -0.05) is 68.0 Å². The van der Waals surface area contributed by atoms with Crippen LogP contribution in [0.25, 0.3) is 16.8 Å². The van der Waals surface area contributed by atoms with Gasteiger partial charge in [0.25, 0.3) is 0 Å². The molecule has 0 bridgehead atoms.